The van der Waals surface area contributed by atoms with Gasteiger partial charge in [-0.3, -0.25) is 9.69 Å². The molecule has 1 aliphatic carbocycles. The lowest BCUT2D eigenvalue weighted by Crippen LogP contribution is -2.50. The quantitative estimate of drug-likeness (QED) is 0.702. The fourth-order valence-electron chi connectivity index (χ4n) is 2.62. The second kappa shape index (κ2) is 7.67. The molecule has 1 rings (SSSR count). The van der Waals surface area contributed by atoms with Crippen molar-refractivity contribution in [2.75, 3.05) is 19.6 Å². The molecule has 0 aliphatic heterocycles. The van der Waals surface area contributed by atoms with Gasteiger partial charge in [0.05, 0.1) is 6.04 Å². The standard InChI is InChI=1S/C13H27N3O/c1-3-9-15-13(17)11(2)16(10-8-14)12-6-4-5-7-12/h11-12H,3-10,14H2,1-2H3,(H,15,17). The van der Waals surface area contributed by atoms with Gasteiger partial charge >= 0.3 is 0 Å². The van der Waals surface area contributed by atoms with E-state index in [9.17, 15) is 4.79 Å². The van der Waals surface area contributed by atoms with Gasteiger partial charge in [-0.15, -0.1) is 0 Å². The van der Waals surface area contributed by atoms with Gasteiger partial charge in [0.1, 0.15) is 0 Å². The number of carbonyl (C=O) groups excluding carboxylic acids is 1. The summed E-state index contributed by atoms with van der Waals surface area (Å²) in [6, 6.07) is 0.508. The molecule has 0 aromatic heterocycles. The Balaban J connectivity index is 2.52. The fourth-order valence-corrected chi connectivity index (χ4v) is 2.62. The maximum absolute atomic E-state index is 12.0. The predicted octanol–water partition coefficient (Wildman–Crippen LogP) is 1.10. The molecule has 100 valence electrons. The molecule has 0 radical (unpaired) electrons. The van der Waals surface area contributed by atoms with E-state index in [1.54, 1.807) is 0 Å². The zero-order valence-electron chi connectivity index (χ0n) is 11.2. The Labute approximate surface area is 105 Å². The third-order valence-corrected chi connectivity index (χ3v) is 3.61. The summed E-state index contributed by atoms with van der Waals surface area (Å²) >= 11 is 0. The summed E-state index contributed by atoms with van der Waals surface area (Å²) in [6.45, 7) is 6.29. The molecule has 0 saturated heterocycles. The molecule has 1 atom stereocenters. The normalized spacial score (nSPS) is 18.6. The van der Waals surface area contributed by atoms with Crippen LogP contribution in [-0.4, -0.2) is 42.5 Å². The molecule has 17 heavy (non-hydrogen) atoms. The van der Waals surface area contributed by atoms with Crippen molar-refractivity contribution in [3.8, 4) is 0 Å². The van der Waals surface area contributed by atoms with E-state index < -0.39 is 0 Å². The molecule has 1 aliphatic rings. The molecule has 4 heteroatoms. The molecule has 0 spiro atoms. The number of hydrogen-bond acceptors (Lipinski definition) is 3. The third kappa shape index (κ3) is 4.28. The molecule has 1 amide bonds. The first kappa shape index (κ1) is 14.5. The number of nitrogens with one attached hydrogen (secondary N) is 1. The average molecular weight is 241 g/mol. The zero-order chi connectivity index (χ0) is 12.7. The van der Waals surface area contributed by atoms with Crippen molar-refractivity contribution >= 4 is 5.91 Å². The van der Waals surface area contributed by atoms with Crippen LogP contribution in [0.4, 0.5) is 0 Å². The van der Waals surface area contributed by atoms with Crippen LogP contribution in [0.1, 0.15) is 46.0 Å². The molecule has 1 unspecified atom stereocenters. The highest BCUT2D eigenvalue weighted by molar-refractivity contribution is 5.81. The van der Waals surface area contributed by atoms with E-state index in [2.05, 4.69) is 17.1 Å². The van der Waals surface area contributed by atoms with Crippen LogP contribution in [-0.2, 0) is 4.79 Å². The number of amides is 1. The van der Waals surface area contributed by atoms with E-state index in [4.69, 9.17) is 5.73 Å². The molecule has 0 bridgehead atoms. The van der Waals surface area contributed by atoms with Gasteiger partial charge in [-0.05, 0) is 26.2 Å². The lowest BCUT2D eigenvalue weighted by atomic mass is 10.1. The van der Waals surface area contributed by atoms with Crippen molar-refractivity contribution in [3.63, 3.8) is 0 Å². The topological polar surface area (TPSA) is 58.4 Å². The van der Waals surface area contributed by atoms with Crippen molar-refractivity contribution in [1.29, 1.82) is 0 Å². The van der Waals surface area contributed by atoms with Gasteiger partial charge in [-0.1, -0.05) is 19.8 Å². The largest absolute Gasteiger partial charge is 0.355 e. The highest BCUT2D eigenvalue weighted by atomic mass is 16.2. The van der Waals surface area contributed by atoms with Crippen molar-refractivity contribution in [3.05, 3.63) is 0 Å². The zero-order valence-corrected chi connectivity index (χ0v) is 11.2. The van der Waals surface area contributed by atoms with E-state index >= 15 is 0 Å². The lowest BCUT2D eigenvalue weighted by Gasteiger charge is -2.33. The molecular formula is C13H27N3O. The number of carbonyl (C=O) groups is 1. The van der Waals surface area contributed by atoms with Crippen LogP contribution in [0.5, 0.6) is 0 Å². The van der Waals surface area contributed by atoms with E-state index in [1.165, 1.54) is 25.7 Å². The van der Waals surface area contributed by atoms with Crippen LogP contribution in [0.15, 0.2) is 0 Å². The summed E-state index contributed by atoms with van der Waals surface area (Å²) in [6.07, 6.45) is 5.99. The maximum Gasteiger partial charge on any atom is 0.237 e. The molecule has 3 N–H and O–H groups in total. The second-order valence-corrected chi connectivity index (χ2v) is 4.93. The molecule has 0 aromatic rings. The monoisotopic (exact) mass is 241 g/mol. The highest BCUT2D eigenvalue weighted by Crippen LogP contribution is 2.24. The first-order chi connectivity index (χ1) is 8.20. The van der Waals surface area contributed by atoms with Gasteiger partial charge in [-0.25, -0.2) is 0 Å². The van der Waals surface area contributed by atoms with Crippen molar-refractivity contribution in [2.45, 2.75) is 58.0 Å². The first-order valence-electron chi connectivity index (χ1n) is 6.94. The Bertz CT molecular complexity index is 227. The first-order valence-corrected chi connectivity index (χ1v) is 6.94. The van der Waals surface area contributed by atoms with Gasteiger partial charge < -0.3 is 11.1 Å². The molecule has 0 aromatic carbocycles. The third-order valence-electron chi connectivity index (χ3n) is 3.61. The SMILES string of the molecule is CCCNC(=O)C(C)N(CCN)C1CCCC1. The van der Waals surface area contributed by atoms with E-state index in [0.717, 1.165) is 19.5 Å². The number of rotatable bonds is 7. The minimum atomic E-state index is -0.0480. The van der Waals surface area contributed by atoms with Gasteiger partial charge in [0.15, 0.2) is 0 Å². The summed E-state index contributed by atoms with van der Waals surface area (Å²) in [4.78, 5) is 14.3. The van der Waals surface area contributed by atoms with Crippen LogP contribution in [0.3, 0.4) is 0 Å². The van der Waals surface area contributed by atoms with Crippen LogP contribution in [0.2, 0.25) is 0 Å². The summed E-state index contributed by atoms with van der Waals surface area (Å²) < 4.78 is 0. The minimum absolute atomic E-state index is 0.0480. The highest BCUT2D eigenvalue weighted by Gasteiger charge is 2.29. The Morgan fingerprint density at radius 2 is 2.12 bits per heavy atom. The molecule has 0 heterocycles. The van der Waals surface area contributed by atoms with Gasteiger partial charge in [0, 0.05) is 25.7 Å². The summed E-state index contributed by atoms with van der Waals surface area (Å²) in [5, 5.41) is 2.97. The Morgan fingerprint density at radius 3 is 2.65 bits per heavy atom. The van der Waals surface area contributed by atoms with Crippen LogP contribution < -0.4 is 11.1 Å². The Morgan fingerprint density at radius 1 is 1.47 bits per heavy atom. The number of nitrogens with zero attached hydrogens (tertiary/aromatic N) is 1. The average Bonchev–Trinajstić information content (AvgIpc) is 2.85. The second-order valence-electron chi connectivity index (χ2n) is 4.93. The van der Waals surface area contributed by atoms with E-state index in [0.29, 0.717) is 12.6 Å². The summed E-state index contributed by atoms with van der Waals surface area (Å²) in [5.41, 5.74) is 5.66. The molecule has 1 fully saturated rings. The van der Waals surface area contributed by atoms with Gasteiger partial charge in [0.25, 0.3) is 0 Å². The molecular weight excluding hydrogens is 214 g/mol. The maximum atomic E-state index is 12.0. The lowest BCUT2D eigenvalue weighted by molar-refractivity contribution is -0.126. The predicted molar refractivity (Wildman–Crippen MR) is 70.8 cm³/mol. The fraction of sp³-hybridized carbons (Fsp3) is 0.923. The van der Waals surface area contributed by atoms with E-state index in [-0.39, 0.29) is 11.9 Å². The van der Waals surface area contributed by atoms with Crippen molar-refractivity contribution < 1.29 is 4.79 Å². The number of hydrogen-bond donors (Lipinski definition) is 2. The van der Waals surface area contributed by atoms with E-state index in [1.807, 2.05) is 6.92 Å². The van der Waals surface area contributed by atoms with Crippen LogP contribution >= 0.6 is 0 Å². The Kier molecular flexibility index (Phi) is 6.52. The Hall–Kier alpha value is -0.610. The number of nitrogens with two attached hydrogens (primary N) is 1. The summed E-state index contributed by atoms with van der Waals surface area (Å²) in [5.74, 6) is 0.146. The summed E-state index contributed by atoms with van der Waals surface area (Å²) in [7, 11) is 0. The molecule has 4 nitrogen and oxygen atoms in total. The molecule has 1 saturated carbocycles. The van der Waals surface area contributed by atoms with Crippen molar-refractivity contribution in [1.82, 2.24) is 10.2 Å². The smallest absolute Gasteiger partial charge is 0.237 e. The van der Waals surface area contributed by atoms with Gasteiger partial charge in [0.2, 0.25) is 5.91 Å². The van der Waals surface area contributed by atoms with Crippen LogP contribution in [0, 0.1) is 0 Å². The minimum Gasteiger partial charge on any atom is -0.355 e. The van der Waals surface area contributed by atoms with Crippen LogP contribution in [0.25, 0.3) is 0 Å². The van der Waals surface area contributed by atoms with Crippen molar-refractivity contribution in [2.24, 2.45) is 5.73 Å². The van der Waals surface area contributed by atoms with Gasteiger partial charge in [-0.2, -0.15) is 0 Å².